The van der Waals surface area contributed by atoms with Gasteiger partial charge in [-0.15, -0.1) is 0 Å². The van der Waals surface area contributed by atoms with Crippen molar-refractivity contribution in [1.82, 2.24) is 4.90 Å². The molecule has 4 nitrogen and oxygen atoms in total. The van der Waals surface area contributed by atoms with E-state index in [4.69, 9.17) is 4.74 Å². The summed E-state index contributed by atoms with van der Waals surface area (Å²) in [5, 5.41) is 0. The maximum atomic E-state index is 12.1. The normalized spacial score (nSPS) is 15.9. The second kappa shape index (κ2) is 5.97. The minimum atomic E-state index is -0.113. The second-order valence-electron chi connectivity index (χ2n) is 5.07. The molecule has 1 aromatic rings. The molecule has 1 fully saturated rings. The van der Waals surface area contributed by atoms with E-state index in [9.17, 15) is 9.59 Å². The molecule has 1 saturated heterocycles. The van der Waals surface area contributed by atoms with Gasteiger partial charge in [0, 0.05) is 12.1 Å². The van der Waals surface area contributed by atoms with E-state index in [0.717, 1.165) is 0 Å². The van der Waals surface area contributed by atoms with E-state index >= 15 is 0 Å². The molecular formula is C15H19NO3. The molecule has 0 atom stereocenters. The monoisotopic (exact) mass is 261 g/mol. The van der Waals surface area contributed by atoms with Crippen LogP contribution in [0.5, 0.6) is 0 Å². The first-order valence-corrected chi connectivity index (χ1v) is 6.56. The third kappa shape index (κ3) is 3.41. The third-order valence-corrected chi connectivity index (χ3v) is 3.32. The lowest BCUT2D eigenvalue weighted by Crippen LogP contribution is -2.44. The van der Waals surface area contributed by atoms with Crippen LogP contribution in [-0.2, 0) is 9.53 Å². The van der Waals surface area contributed by atoms with Crippen molar-refractivity contribution < 1.29 is 14.3 Å². The second-order valence-corrected chi connectivity index (χ2v) is 5.07. The number of Topliss-reactive ketones (excluding diaryl/α,β-unsaturated/α-hetero) is 1. The van der Waals surface area contributed by atoms with E-state index in [-0.39, 0.29) is 24.8 Å². The van der Waals surface area contributed by atoms with Crippen LogP contribution in [0.25, 0.3) is 0 Å². The largest absolute Gasteiger partial charge is 0.370 e. The van der Waals surface area contributed by atoms with Crippen molar-refractivity contribution in [2.75, 3.05) is 26.3 Å². The number of ketones is 1. The van der Waals surface area contributed by atoms with E-state index in [1.54, 1.807) is 4.90 Å². The Bertz CT molecular complexity index is 465. The number of amides is 1. The Morgan fingerprint density at radius 3 is 2.58 bits per heavy atom. The van der Waals surface area contributed by atoms with Gasteiger partial charge in [-0.05, 0) is 11.5 Å². The van der Waals surface area contributed by atoms with Gasteiger partial charge in [0.2, 0.25) is 5.91 Å². The lowest BCUT2D eigenvalue weighted by molar-refractivity contribution is -0.141. The van der Waals surface area contributed by atoms with Crippen LogP contribution in [0, 0.1) is 0 Å². The van der Waals surface area contributed by atoms with Crippen LogP contribution >= 0.6 is 0 Å². The van der Waals surface area contributed by atoms with Gasteiger partial charge in [-0.2, -0.15) is 0 Å². The van der Waals surface area contributed by atoms with Gasteiger partial charge in [0.1, 0.15) is 6.61 Å². The fourth-order valence-electron chi connectivity index (χ4n) is 2.04. The van der Waals surface area contributed by atoms with Crippen molar-refractivity contribution >= 4 is 11.7 Å². The highest BCUT2D eigenvalue weighted by Gasteiger charge is 2.21. The van der Waals surface area contributed by atoms with Gasteiger partial charge in [-0.1, -0.05) is 38.1 Å². The number of hydrogen-bond donors (Lipinski definition) is 0. The summed E-state index contributed by atoms with van der Waals surface area (Å²) >= 11 is 0. The van der Waals surface area contributed by atoms with Crippen LogP contribution in [0.2, 0.25) is 0 Å². The minimum absolute atomic E-state index is 0.0226. The summed E-state index contributed by atoms with van der Waals surface area (Å²) in [6.07, 6.45) is 0. The average molecular weight is 261 g/mol. The fraction of sp³-hybridized carbons (Fsp3) is 0.467. The van der Waals surface area contributed by atoms with Crippen LogP contribution in [0.15, 0.2) is 24.3 Å². The molecule has 19 heavy (non-hydrogen) atoms. The molecule has 0 bridgehead atoms. The van der Waals surface area contributed by atoms with Gasteiger partial charge in [0.15, 0.2) is 5.78 Å². The van der Waals surface area contributed by atoms with Crippen molar-refractivity contribution in [3.05, 3.63) is 35.4 Å². The van der Waals surface area contributed by atoms with E-state index in [1.165, 1.54) is 5.56 Å². The number of carbonyl (C=O) groups is 2. The Labute approximate surface area is 113 Å². The number of nitrogens with zero attached hydrogens (tertiary/aromatic N) is 1. The maximum Gasteiger partial charge on any atom is 0.249 e. The van der Waals surface area contributed by atoms with Crippen molar-refractivity contribution in [1.29, 1.82) is 0 Å². The minimum Gasteiger partial charge on any atom is -0.370 e. The van der Waals surface area contributed by atoms with E-state index in [1.807, 2.05) is 24.3 Å². The molecule has 0 radical (unpaired) electrons. The summed E-state index contributed by atoms with van der Waals surface area (Å²) < 4.78 is 5.04. The SMILES string of the molecule is CC(C)c1ccc(C(=O)CN2CCOCC2=O)cc1. The van der Waals surface area contributed by atoms with Crippen LogP contribution in [0.3, 0.4) is 0 Å². The molecule has 1 amide bonds. The Morgan fingerprint density at radius 2 is 2.00 bits per heavy atom. The summed E-state index contributed by atoms with van der Waals surface area (Å²) in [7, 11) is 0. The lowest BCUT2D eigenvalue weighted by Gasteiger charge is -2.26. The van der Waals surface area contributed by atoms with Crippen molar-refractivity contribution in [3.8, 4) is 0 Å². The van der Waals surface area contributed by atoms with Gasteiger partial charge in [0.25, 0.3) is 0 Å². The average Bonchev–Trinajstić information content (AvgIpc) is 2.41. The number of hydrogen-bond acceptors (Lipinski definition) is 3. The zero-order valence-electron chi connectivity index (χ0n) is 11.4. The van der Waals surface area contributed by atoms with Gasteiger partial charge in [-0.25, -0.2) is 0 Å². The van der Waals surface area contributed by atoms with Crippen molar-refractivity contribution in [2.45, 2.75) is 19.8 Å². The van der Waals surface area contributed by atoms with Gasteiger partial charge >= 0.3 is 0 Å². The highest BCUT2D eigenvalue weighted by Crippen LogP contribution is 2.15. The summed E-state index contributed by atoms with van der Waals surface area (Å²) in [6.45, 7) is 5.45. The molecule has 0 aliphatic carbocycles. The maximum absolute atomic E-state index is 12.1. The summed E-state index contributed by atoms with van der Waals surface area (Å²) in [5.74, 6) is 0.314. The highest BCUT2D eigenvalue weighted by molar-refractivity contribution is 5.99. The molecule has 1 aliphatic rings. The predicted octanol–water partition coefficient (Wildman–Crippen LogP) is 1.85. The molecule has 1 heterocycles. The highest BCUT2D eigenvalue weighted by atomic mass is 16.5. The first-order chi connectivity index (χ1) is 9.08. The first-order valence-electron chi connectivity index (χ1n) is 6.56. The molecule has 1 aliphatic heterocycles. The fourth-order valence-corrected chi connectivity index (χ4v) is 2.04. The quantitative estimate of drug-likeness (QED) is 0.777. The Hall–Kier alpha value is -1.68. The Kier molecular flexibility index (Phi) is 4.32. The van der Waals surface area contributed by atoms with E-state index < -0.39 is 0 Å². The van der Waals surface area contributed by atoms with E-state index in [0.29, 0.717) is 24.6 Å². The van der Waals surface area contributed by atoms with Crippen molar-refractivity contribution in [2.24, 2.45) is 0 Å². The van der Waals surface area contributed by atoms with Crippen LogP contribution in [0.1, 0.15) is 35.7 Å². The van der Waals surface area contributed by atoms with Gasteiger partial charge < -0.3 is 9.64 Å². The molecule has 0 saturated carbocycles. The molecule has 0 aromatic heterocycles. The number of morpholine rings is 1. The van der Waals surface area contributed by atoms with Crippen LogP contribution < -0.4 is 0 Å². The standard InChI is InChI=1S/C15H19NO3/c1-11(2)12-3-5-13(6-4-12)14(17)9-16-7-8-19-10-15(16)18/h3-6,11H,7-10H2,1-2H3. The smallest absolute Gasteiger partial charge is 0.249 e. The van der Waals surface area contributed by atoms with Gasteiger partial charge in [-0.3, -0.25) is 9.59 Å². The van der Waals surface area contributed by atoms with Crippen molar-refractivity contribution in [3.63, 3.8) is 0 Å². The topological polar surface area (TPSA) is 46.6 Å². The molecular weight excluding hydrogens is 242 g/mol. The lowest BCUT2D eigenvalue weighted by atomic mass is 10.0. The number of rotatable bonds is 4. The zero-order chi connectivity index (χ0) is 13.8. The Morgan fingerprint density at radius 1 is 1.32 bits per heavy atom. The summed E-state index contributed by atoms with van der Waals surface area (Å²) in [5.41, 5.74) is 1.86. The molecule has 4 heteroatoms. The van der Waals surface area contributed by atoms with E-state index in [2.05, 4.69) is 13.8 Å². The summed E-state index contributed by atoms with van der Waals surface area (Å²) in [6, 6.07) is 7.61. The summed E-state index contributed by atoms with van der Waals surface area (Å²) in [4.78, 5) is 25.2. The van der Waals surface area contributed by atoms with Crippen LogP contribution in [0.4, 0.5) is 0 Å². The molecule has 0 spiro atoms. The predicted molar refractivity (Wildman–Crippen MR) is 72.3 cm³/mol. The third-order valence-electron chi connectivity index (χ3n) is 3.32. The number of ether oxygens (including phenoxy) is 1. The molecule has 2 rings (SSSR count). The Balaban J connectivity index is 2.01. The van der Waals surface area contributed by atoms with Gasteiger partial charge in [0.05, 0.1) is 13.2 Å². The molecule has 1 aromatic carbocycles. The number of benzene rings is 1. The molecule has 0 N–H and O–H groups in total. The first kappa shape index (κ1) is 13.7. The number of carbonyl (C=O) groups excluding carboxylic acids is 2. The molecule has 102 valence electrons. The van der Waals surface area contributed by atoms with Crippen LogP contribution in [-0.4, -0.2) is 42.9 Å². The zero-order valence-corrected chi connectivity index (χ0v) is 11.4. The molecule has 0 unspecified atom stereocenters.